The minimum atomic E-state index is -0.650. The summed E-state index contributed by atoms with van der Waals surface area (Å²) in [7, 11) is 0. The van der Waals surface area contributed by atoms with Crippen molar-refractivity contribution in [3.63, 3.8) is 0 Å². The molecule has 1 fully saturated rings. The SMILES string of the molecule is CC1CCCN(c2c(C(N)=O)cc(Br)cc2[N+](=O)[O-])C1. The lowest BCUT2D eigenvalue weighted by molar-refractivity contribution is -0.384. The van der Waals surface area contributed by atoms with Crippen molar-refractivity contribution in [3.8, 4) is 0 Å². The minimum absolute atomic E-state index is 0.0812. The Balaban J connectivity index is 2.58. The molecule has 0 aromatic heterocycles. The highest BCUT2D eigenvalue weighted by molar-refractivity contribution is 9.10. The van der Waals surface area contributed by atoms with E-state index in [0.29, 0.717) is 29.2 Å². The van der Waals surface area contributed by atoms with Crippen LogP contribution < -0.4 is 10.6 Å². The lowest BCUT2D eigenvalue weighted by Crippen LogP contribution is -2.36. The van der Waals surface area contributed by atoms with Crippen LogP contribution >= 0.6 is 15.9 Å². The number of hydrogen-bond acceptors (Lipinski definition) is 4. The number of nitro benzene ring substituents is 1. The molecule has 1 aromatic carbocycles. The lowest BCUT2D eigenvalue weighted by Gasteiger charge is -2.33. The van der Waals surface area contributed by atoms with Gasteiger partial charge in [0.2, 0.25) is 0 Å². The predicted molar refractivity (Wildman–Crippen MR) is 79.9 cm³/mol. The molecule has 2 rings (SSSR count). The van der Waals surface area contributed by atoms with Crippen LogP contribution in [-0.2, 0) is 0 Å². The lowest BCUT2D eigenvalue weighted by atomic mass is 9.98. The van der Waals surface area contributed by atoms with E-state index >= 15 is 0 Å². The van der Waals surface area contributed by atoms with E-state index in [-0.39, 0.29) is 11.3 Å². The molecule has 1 aromatic rings. The van der Waals surface area contributed by atoms with Gasteiger partial charge in [-0.05, 0) is 24.8 Å². The third kappa shape index (κ3) is 2.92. The Hall–Kier alpha value is -1.63. The highest BCUT2D eigenvalue weighted by Crippen LogP contribution is 2.37. The maximum absolute atomic E-state index is 11.6. The number of anilines is 1. The van der Waals surface area contributed by atoms with E-state index < -0.39 is 10.8 Å². The molecule has 1 amide bonds. The maximum atomic E-state index is 11.6. The van der Waals surface area contributed by atoms with Crippen LogP contribution in [0.5, 0.6) is 0 Å². The normalized spacial score (nSPS) is 18.9. The van der Waals surface area contributed by atoms with Crippen molar-refractivity contribution >= 4 is 33.2 Å². The van der Waals surface area contributed by atoms with Gasteiger partial charge in [0.1, 0.15) is 5.69 Å². The summed E-state index contributed by atoms with van der Waals surface area (Å²) in [5, 5.41) is 11.3. The number of hydrogen-bond donors (Lipinski definition) is 1. The quantitative estimate of drug-likeness (QED) is 0.676. The molecule has 1 aliphatic rings. The van der Waals surface area contributed by atoms with E-state index in [1.807, 2.05) is 4.90 Å². The summed E-state index contributed by atoms with van der Waals surface area (Å²) in [5.41, 5.74) is 5.84. The molecule has 1 atom stereocenters. The Morgan fingerprint density at radius 1 is 1.55 bits per heavy atom. The number of nitrogens with two attached hydrogens (primary N) is 1. The molecule has 1 heterocycles. The molecule has 0 radical (unpaired) electrons. The second-order valence-corrected chi connectivity index (χ2v) is 6.05. The first kappa shape index (κ1) is 14.8. The molecule has 1 aliphatic heterocycles. The molecule has 6 nitrogen and oxygen atoms in total. The summed E-state index contributed by atoms with van der Waals surface area (Å²) in [6, 6.07) is 2.96. The standard InChI is InChI=1S/C13H16BrN3O3/c1-8-3-2-4-16(7-8)12-10(13(15)18)5-9(14)6-11(12)17(19)20/h5-6,8H,2-4,7H2,1H3,(H2,15,18). The largest absolute Gasteiger partial charge is 0.366 e. The van der Waals surface area contributed by atoms with E-state index in [0.717, 1.165) is 12.8 Å². The van der Waals surface area contributed by atoms with Crippen LogP contribution in [0.2, 0.25) is 0 Å². The molecule has 20 heavy (non-hydrogen) atoms. The number of carbonyl (C=O) groups is 1. The third-order valence-electron chi connectivity index (χ3n) is 3.49. The number of nitrogens with zero attached hydrogens (tertiary/aromatic N) is 2. The molecule has 1 saturated heterocycles. The van der Waals surface area contributed by atoms with Crippen LogP contribution in [0, 0.1) is 16.0 Å². The zero-order chi connectivity index (χ0) is 14.9. The molecule has 7 heteroatoms. The van der Waals surface area contributed by atoms with Gasteiger partial charge in [0.05, 0.1) is 10.5 Å². The van der Waals surface area contributed by atoms with Crippen molar-refractivity contribution in [1.29, 1.82) is 0 Å². The summed E-state index contributed by atoms with van der Waals surface area (Å²) < 4.78 is 0.479. The van der Waals surface area contributed by atoms with Gasteiger partial charge < -0.3 is 10.6 Å². The zero-order valence-corrected chi connectivity index (χ0v) is 12.7. The first-order chi connectivity index (χ1) is 9.40. The number of halogens is 1. The fraction of sp³-hybridized carbons (Fsp3) is 0.462. The van der Waals surface area contributed by atoms with Gasteiger partial charge in [0.25, 0.3) is 11.6 Å². The highest BCUT2D eigenvalue weighted by atomic mass is 79.9. The van der Waals surface area contributed by atoms with E-state index in [9.17, 15) is 14.9 Å². The molecule has 0 saturated carbocycles. The van der Waals surface area contributed by atoms with Crippen LogP contribution in [0.4, 0.5) is 11.4 Å². The summed E-state index contributed by atoms with van der Waals surface area (Å²) in [4.78, 5) is 24.3. The topological polar surface area (TPSA) is 89.5 Å². The fourth-order valence-corrected chi connectivity index (χ4v) is 3.08. The summed E-state index contributed by atoms with van der Waals surface area (Å²) in [5.74, 6) is -0.213. The van der Waals surface area contributed by atoms with E-state index in [4.69, 9.17) is 5.73 Å². The summed E-state index contributed by atoms with van der Waals surface area (Å²) in [6.45, 7) is 3.50. The Morgan fingerprint density at radius 3 is 2.80 bits per heavy atom. The van der Waals surface area contributed by atoms with Gasteiger partial charge in [-0.2, -0.15) is 0 Å². The molecule has 1 unspecified atom stereocenters. The summed E-state index contributed by atoms with van der Waals surface area (Å²) in [6.07, 6.45) is 2.04. The van der Waals surface area contributed by atoms with Gasteiger partial charge in [-0.3, -0.25) is 14.9 Å². The van der Waals surface area contributed by atoms with E-state index in [1.54, 1.807) is 6.07 Å². The third-order valence-corrected chi connectivity index (χ3v) is 3.95. The number of rotatable bonds is 3. The van der Waals surface area contributed by atoms with Crippen LogP contribution in [-0.4, -0.2) is 23.9 Å². The number of benzene rings is 1. The number of piperidine rings is 1. The highest BCUT2D eigenvalue weighted by Gasteiger charge is 2.29. The maximum Gasteiger partial charge on any atom is 0.294 e. The fourth-order valence-electron chi connectivity index (χ4n) is 2.64. The van der Waals surface area contributed by atoms with Gasteiger partial charge in [0.15, 0.2) is 0 Å². The Morgan fingerprint density at radius 2 is 2.25 bits per heavy atom. The monoisotopic (exact) mass is 341 g/mol. The molecule has 0 bridgehead atoms. The number of carbonyl (C=O) groups excluding carboxylic acids is 1. The molecular weight excluding hydrogens is 326 g/mol. The second-order valence-electron chi connectivity index (χ2n) is 5.14. The van der Waals surface area contributed by atoms with E-state index in [2.05, 4.69) is 22.9 Å². The average Bonchev–Trinajstić information content (AvgIpc) is 2.37. The number of nitro groups is 1. The van der Waals surface area contributed by atoms with Crippen LogP contribution in [0.25, 0.3) is 0 Å². The van der Waals surface area contributed by atoms with Crippen molar-refractivity contribution in [2.75, 3.05) is 18.0 Å². The Bertz CT molecular complexity index is 527. The van der Waals surface area contributed by atoms with Gasteiger partial charge in [-0.15, -0.1) is 0 Å². The van der Waals surface area contributed by atoms with Crippen molar-refractivity contribution in [2.24, 2.45) is 11.7 Å². The zero-order valence-electron chi connectivity index (χ0n) is 11.1. The molecule has 0 spiro atoms. The van der Waals surface area contributed by atoms with Gasteiger partial charge in [-0.1, -0.05) is 22.9 Å². The van der Waals surface area contributed by atoms with Crippen molar-refractivity contribution in [1.82, 2.24) is 0 Å². The Kier molecular flexibility index (Phi) is 4.27. The minimum Gasteiger partial charge on any atom is -0.366 e. The molecule has 108 valence electrons. The molecular formula is C13H16BrN3O3. The van der Waals surface area contributed by atoms with Gasteiger partial charge in [-0.25, -0.2) is 0 Å². The Labute approximate surface area is 125 Å². The summed E-state index contributed by atoms with van der Waals surface area (Å²) >= 11 is 3.19. The van der Waals surface area contributed by atoms with Crippen molar-refractivity contribution in [2.45, 2.75) is 19.8 Å². The first-order valence-corrected chi connectivity index (χ1v) is 7.22. The van der Waals surface area contributed by atoms with Gasteiger partial charge in [0, 0.05) is 23.6 Å². The van der Waals surface area contributed by atoms with Crippen LogP contribution in [0.15, 0.2) is 16.6 Å². The van der Waals surface area contributed by atoms with Crippen molar-refractivity contribution < 1.29 is 9.72 Å². The van der Waals surface area contributed by atoms with Crippen LogP contribution in [0.3, 0.4) is 0 Å². The van der Waals surface area contributed by atoms with Gasteiger partial charge >= 0.3 is 0 Å². The molecule has 0 aliphatic carbocycles. The number of primary amides is 1. The van der Waals surface area contributed by atoms with E-state index in [1.165, 1.54) is 6.07 Å². The van der Waals surface area contributed by atoms with Crippen LogP contribution in [0.1, 0.15) is 30.1 Å². The average molecular weight is 342 g/mol. The predicted octanol–water partition coefficient (Wildman–Crippen LogP) is 2.69. The molecule has 2 N–H and O–H groups in total. The first-order valence-electron chi connectivity index (χ1n) is 6.43. The smallest absolute Gasteiger partial charge is 0.294 e. The van der Waals surface area contributed by atoms with Crippen molar-refractivity contribution in [3.05, 3.63) is 32.3 Å². The number of amides is 1. The second kappa shape index (κ2) is 5.78.